The van der Waals surface area contributed by atoms with Crippen LogP contribution in [-0.4, -0.2) is 32.3 Å². The molecule has 0 saturated carbocycles. The topological polar surface area (TPSA) is 73.6 Å². The summed E-state index contributed by atoms with van der Waals surface area (Å²) in [6, 6.07) is 5.06. The molecule has 2 rings (SSSR count). The van der Waals surface area contributed by atoms with Crippen LogP contribution < -0.4 is 15.8 Å². The zero-order valence-electron chi connectivity index (χ0n) is 10.4. The van der Waals surface area contributed by atoms with Gasteiger partial charge in [0.1, 0.15) is 11.9 Å². The number of nitrogens with two attached hydrogens (primary N) is 1. The summed E-state index contributed by atoms with van der Waals surface area (Å²) in [5.41, 5.74) is 6.96. The maximum absolute atomic E-state index is 11.5. The molecule has 0 aliphatic carbocycles. The first-order chi connectivity index (χ1) is 8.70. The Balaban J connectivity index is 2.12. The third kappa shape index (κ3) is 2.92. The van der Waals surface area contributed by atoms with Gasteiger partial charge in [0, 0.05) is 25.5 Å². The molecule has 0 atom stereocenters. The molecule has 1 aromatic rings. The lowest BCUT2D eigenvalue weighted by Gasteiger charge is -2.24. The quantitative estimate of drug-likeness (QED) is 0.790. The molecule has 5 nitrogen and oxygen atoms in total. The van der Waals surface area contributed by atoms with Crippen molar-refractivity contribution in [2.45, 2.75) is 18.9 Å². The third-order valence-corrected chi connectivity index (χ3v) is 2.96. The summed E-state index contributed by atoms with van der Waals surface area (Å²) in [4.78, 5) is 11.5. The first-order valence-electron chi connectivity index (χ1n) is 6.06. The van der Waals surface area contributed by atoms with E-state index in [1.165, 1.54) is 0 Å². The molecule has 1 fully saturated rings. The first-order valence-corrected chi connectivity index (χ1v) is 6.06. The summed E-state index contributed by atoms with van der Waals surface area (Å²) in [6.07, 6.45) is 1.81. The smallest absolute Gasteiger partial charge is 0.251 e. The van der Waals surface area contributed by atoms with E-state index in [1.807, 2.05) is 0 Å². The molecule has 0 unspecified atom stereocenters. The minimum atomic E-state index is -0.146. The number of anilines is 1. The molecule has 3 N–H and O–H groups in total. The van der Waals surface area contributed by atoms with Crippen LogP contribution in [0.15, 0.2) is 18.2 Å². The maximum atomic E-state index is 11.5. The Morgan fingerprint density at radius 1 is 1.44 bits per heavy atom. The molecule has 5 heteroatoms. The van der Waals surface area contributed by atoms with Crippen LogP contribution in [-0.2, 0) is 4.74 Å². The van der Waals surface area contributed by atoms with E-state index >= 15 is 0 Å². The molecule has 98 valence electrons. The van der Waals surface area contributed by atoms with Gasteiger partial charge in [-0.25, -0.2) is 0 Å². The number of hydrogen-bond acceptors (Lipinski definition) is 4. The van der Waals surface area contributed by atoms with Crippen molar-refractivity contribution in [1.29, 1.82) is 0 Å². The fourth-order valence-electron chi connectivity index (χ4n) is 1.90. The molecular weight excluding hydrogens is 232 g/mol. The number of ether oxygens (including phenoxy) is 2. The van der Waals surface area contributed by atoms with E-state index in [-0.39, 0.29) is 12.0 Å². The van der Waals surface area contributed by atoms with Crippen LogP contribution in [0.2, 0.25) is 0 Å². The van der Waals surface area contributed by atoms with Gasteiger partial charge in [-0.2, -0.15) is 0 Å². The standard InChI is InChI=1S/C13H18N2O3/c1-15-13(16)9-2-3-11(14)12(8-9)18-10-4-6-17-7-5-10/h2-3,8,10H,4-7,14H2,1H3,(H,15,16). The second kappa shape index (κ2) is 5.73. The molecule has 0 aromatic heterocycles. The monoisotopic (exact) mass is 250 g/mol. The van der Waals surface area contributed by atoms with Gasteiger partial charge in [-0.3, -0.25) is 4.79 Å². The van der Waals surface area contributed by atoms with Crippen LogP contribution in [0.4, 0.5) is 5.69 Å². The lowest BCUT2D eigenvalue weighted by molar-refractivity contribution is 0.0258. The highest BCUT2D eigenvalue weighted by Crippen LogP contribution is 2.26. The molecule has 1 aliphatic heterocycles. The Hall–Kier alpha value is -1.75. The summed E-state index contributed by atoms with van der Waals surface area (Å²) in [5, 5.41) is 2.58. The van der Waals surface area contributed by atoms with Crippen LogP contribution in [0.25, 0.3) is 0 Å². The predicted octanol–water partition coefficient (Wildman–Crippen LogP) is 1.19. The van der Waals surface area contributed by atoms with Crippen molar-refractivity contribution in [1.82, 2.24) is 5.32 Å². The molecule has 0 radical (unpaired) electrons. The zero-order chi connectivity index (χ0) is 13.0. The summed E-state index contributed by atoms with van der Waals surface area (Å²) in [7, 11) is 1.59. The Morgan fingerprint density at radius 2 is 2.17 bits per heavy atom. The third-order valence-electron chi connectivity index (χ3n) is 2.96. The molecule has 0 spiro atoms. The molecule has 18 heavy (non-hydrogen) atoms. The van der Waals surface area contributed by atoms with Gasteiger partial charge in [0.15, 0.2) is 0 Å². The van der Waals surface area contributed by atoms with Crippen LogP contribution >= 0.6 is 0 Å². The van der Waals surface area contributed by atoms with Crippen molar-refractivity contribution < 1.29 is 14.3 Å². The van der Waals surface area contributed by atoms with Crippen LogP contribution in [0, 0.1) is 0 Å². The van der Waals surface area contributed by atoms with Crippen molar-refractivity contribution in [3.63, 3.8) is 0 Å². The molecule has 1 saturated heterocycles. The van der Waals surface area contributed by atoms with E-state index in [9.17, 15) is 4.79 Å². The van der Waals surface area contributed by atoms with Crippen molar-refractivity contribution in [3.8, 4) is 5.75 Å². The second-order valence-electron chi connectivity index (χ2n) is 4.26. The SMILES string of the molecule is CNC(=O)c1ccc(N)c(OC2CCOCC2)c1. The van der Waals surface area contributed by atoms with E-state index in [1.54, 1.807) is 25.2 Å². The van der Waals surface area contributed by atoms with E-state index < -0.39 is 0 Å². The van der Waals surface area contributed by atoms with Crippen molar-refractivity contribution in [2.75, 3.05) is 26.0 Å². The number of nitrogen functional groups attached to an aromatic ring is 1. The number of rotatable bonds is 3. The normalized spacial score (nSPS) is 16.3. The van der Waals surface area contributed by atoms with Crippen LogP contribution in [0.5, 0.6) is 5.75 Å². The van der Waals surface area contributed by atoms with Gasteiger partial charge in [0.2, 0.25) is 0 Å². The van der Waals surface area contributed by atoms with Crippen molar-refractivity contribution in [2.24, 2.45) is 0 Å². The molecular formula is C13H18N2O3. The highest BCUT2D eigenvalue weighted by molar-refractivity contribution is 5.95. The molecule has 1 aliphatic rings. The highest BCUT2D eigenvalue weighted by atomic mass is 16.5. The number of nitrogens with one attached hydrogen (secondary N) is 1. The van der Waals surface area contributed by atoms with Crippen molar-refractivity contribution in [3.05, 3.63) is 23.8 Å². The lowest BCUT2D eigenvalue weighted by Crippen LogP contribution is -2.26. The Bertz CT molecular complexity index is 428. The summed E-state index contributed by atoms with van der Waals surface area (Å²) in [6.45, 7) is 1.42. The summed E-state index contributed by atoms with van der Waals surface area (Å²) < 4.78 is 11.1. The maximum Gasteiger partial charge on any atom is 0.251 e. The number of carbonyl (C=O) groups is 1. The van der Waals surface area contributed by atoms with Gasteiger partial charge in [0.25, 0.3) is 5.91 Å². The van der Waals surface area contributed by atoms with E-state index in [2.05, 4.69) is 5.32 Å². The van der Waals surface area contributed by atoms with Gasteiger partial charge in [-0.1, -0.05) is 0 Å². The predicted molar refractivity (Wildman–Crippen MR) is 68.7 cm³/mol. The minimum Gasteiger partial charge on any atom is -0.488 e. The number of benzene rings is 1. The molecule has 1 amide bonds. The van der Waals surface area contributed by atoms with Gasteiger partial charge in [-0.05, 0) is 18.2 Å². The number of hydrogen-bond donors (Lipinski definition) is 2. The van der Waals surface area contributed by atoms with E-state index in [4.69, 9.17) is 15.2 Å². The van der Waals surface area contributed by atoms with Crippen LogP contribution in [0.1, 0.15) is 23.2 Å². The minimum absolute atomic E-state index is 0.112. The fraction of sp³-hybridized carbons (Fsp3) is 0.462. The Kier molecular flexibility index (Phi) is 4.04. The van der Waals surface area contributed by atoms with E-state index in [0.29, 0.717) is 30.2 Å². The number of amides is 1. The largest absolute Gasteiger partial charge is 0.488 e. The molecule has 0 bridgehead atoms. The highest BCUT2D eigenvalue weighted by Gasteiger charge is 2.17. The summed E-state index contributed by atoms with van der Waals surface area (Å²) in [5.74, 6) is 0.426. The van der Waals surface area contributed by atoms with Gasteiger partial charge in [-0.15, -0.1) is 0 Å². The summed E-state index contributed by atoms with van der Waals surface area (Å²) >= 11 is 0. The average Bonchev–Trinajstić information content (AvgIpc) is 2.41. The fourth-order valence-corrected chi connectivity index (χ4v) is 1.90. The molecule has 1 heterocycles. The van der Waals surface area contributed by atoms with E-state index in [0.717, 1.165) is 12.8 Å². The first kappa shape index (κ1) is 12.7. The Labute approximate surface area is 106 Å². The van der Waals surface area contributed by atoms with Crippen LogP contribution in [0.3, 0.4) is 0 Å². The zero-order valence-corrected chi connectivity index (χ0v) is 10.4. The lowest BCUT2D eigenvalue weighted by atomic mass is 10.1. The van der Waals surface area contributed by atoms with Gasteiger partial charge in [0.05, 0.1) is 18.9 Å². The Morgan fingerprint density at radius 3 is 2.83 bits per heavy atom. The van der Waals surface area contributed by atoms with Gasteiger partial charge >= 0.3 is 0 Å². The second-order valence-corrected chi connectivity index (χ2v) is 4.26. The van der Waals surface area contributed by atoms with Gasteiger partial charge < -0.3 is 20.5 Å². The number of carbonyl (C=O) groups excluding carboxylic acids is 1. The van der Waals surface area contributed by atoms with Crippen molar-refractivity contribution >= 4 is 11.6 Å². The average molecular weight is 250 g/mol. The molecule has 1 aromatic carbocycles.